The molecule has 0 aromatic rings. The lowest BCUT2D eigenvalue weighted by atomic mass is 10.1. The summed E-state index contributed by atoms with van der Waals surface area (Å²) in [5.41, 5.74) is 0. The highest BCUT2D eigenvalue weighted by molar-refractivity contribution is 4.79. The lowest BCUT2D eigenvalue weighted by Crippen LogP contribution is -2.28. The molecule has 1 heterocycles. The van der Waals surface area contributed by atoms with Crippen molar-refractivity contribution in [1.82, 2.24) is 4.90 Å². The fourth-order valence-electron chi connectivity index (χ4n) is 2.48. The number of likely N-dealkylation sites (tertiary alicyclic amines) is 1. The zero-order valence-electron chi connectivity index (χ0n) is 9.71. The Balaban J connectivity index is 2.01. The maximum Gasteiger partial charge on any atom is 0.0431 e. The first-order valence-electron chi connectivity index (χ1n) is 6.09. The highest BCUT2D eigenvalue weighted by Gasteiger charge is 2.24. The van der Waals surface area contributed by atoms with Gasteiger partial charge in [0, 0.05) is 19.2 Å². The van der Waals surface area contributed by atoms with Crippen molar-refractivity contribution in [3.8, 4) is 0 Å². The van der Waals surface area contributed by atoms with Gasteiger partial charge in [-0.25, -0.2) is 0 Å². The molecule has 1 saturated heterocycles. The molecule has 1 N–H and O–H groups in total. The number of aliphatic hydroxyl groups is 1. The molecule has 2 heteroatoms. The summed E-state index contributed by atoms with van der Waals surface area (Å²) in [7, 11) is 0. The molecule has 2 nitrogen and oxygen atoms in total. The first-order chi connectivity index (χ1) is 6.74. The molecule has 84 valence electrons. The zero-order valence-corrected chi connectivity index (χ0v) is 9.71. The first kappa shape index (κ1) is 12.0. The molecule has 14 heavy (non-hydrogen) atoms. The molecule has 0 radical (unpaired) electrons. The Morgan fingerprint density at radius 1 is 1.14 bits per heavy atom. The molecule has 1 fully saturated rings. The van der Waals surface area contributed by atoms with Crippen molar-refractivity contribution >= 4 is 0 Å². The van der Waals surface area contributed by atoms with Gasteiger partial charge in [0.15, 0.2) is 0 Å². The van der Waals surface area contributed by atoms with Gasteiger partial charge in [-0.05, 0) is 38.6 Å². The largest absolute Gasteiger partial charge is 0.396 e. The highest BCUT2D eigenvalue weighted by Crippen LogP contribution is 2.22. The van der Waals surface area contributed by atoms with Crippen LogP contribution >= 0.6 is 0 Å². The number of unbranched alkanes of at least 4 members (excludes halogenated alkanes) is 3. The Bertz CT molecular complexity index is 149. The summed E-state index contributed by atoms with van der Waals surface area (Å²) in [4.78, 5) is 2.61. The van der Waals surface area contributed by atoms with Gasteiger partial charge in [0.1, 0.15) is 0 Å². The van der Waals surface area contributed by atoms with Crippen LogP contribution in [0.2, 0.25) is 0 Å². The molecule has 2 atom stereocenters. The summed E-state index contributed by atoms with van der Waals surface area (Å²) in [6, 6.07) is 0.794. The van der Waals surface area contributed by atoms with Crippen LogP contribution in [-0.4, -0.2) is 35.7 Å². The van der Waals surface area contributed by atoms with Crippen molar-refractivity contribution in [3.05, 3.63) is 0 Å². The molecule has 0 amide bonds. The molecule has 1 rings (SSSR count). The van der Waals surface area contributed by atoms with E-state index in [4.69, 9.17) is 5.11 Å². The van der Waals surface area contributed by atoms with Crippen LogP contribution < -0.4 is 0 Å². The van der Waals surface area contributed by atoms with Crippen LogP contribution in [0.5, 0.6) is 0 Å². The smallest absolute Gasteiger partial charge is 0.0431 e. The maximum absolute atomic E-state index is 8.64. The highest BCUT2D eigenvalue weighted by atomic mass is 16.2. The van der Waals surface area contributed by atoms with Crippen molar-refractivity contribution in [2.45, 2.75) is 52.0 Å². The molecular weight excluding hydrogens is 174 g/mol. The molecule has 0 spiro atoms. The monoisotopic (exact) mass is 199 g/mol. The summed E-state index contributed by atoms with van der Waals surface area (Å²) in [6.07, 6.45) is 6.12. The number of hydrogen-bond acceptors (Lipinski definition) is 2. The summed E-state index contributed by atoms with van der Waals surface area (Å²) in [5, 5.41) is 8.64. The van der Waals surface area contributed by atoms with Gasteiger partial charge in [0.2, 0.25) is 0 Å². The van der Waals surface area contributed by atoms with Crippen LogP contribution in [0.3, 0.4) is 0 Å². The van der Waals surface area contributed by atoms with Crippen LogP contribution in [0.25, 0.3) is 0 Å². The first-order valence-corrected chi connectivity index (χ1v) is 6.09. The number of aliphatic hydroxyl groups excluding tert-OH is 1. The SMILES string of the molecule is CC1CC(C)N(CCCCCCO)C1. The summed E-state index contributed by atoms with van der Waals surface area (Å²) >= 11 is 0. The second-order valence-corrected chi connectivity index (χ2v) is 4.82. The van der Waals surface area contributed by atoms with E-state index >= 15 is 0 Å². The molecule has 0 aromatic heterocycles. The molecule has 0 saturated carbocycles. The Morgan fingerprint density at radius 3 is 2.43 bits per heavy atom. The van der Waals surface area contributed by atoms with E-state index in [1.807, 2.05) is 0 Å². The van der Waals surface area contributed by atoms with Crippen molar-refractivity contribution < 1.29 is 5.11 Å². The molecular formula is C12H25NO. The van der Waals surface area contributed by atoms with Gasteiger partial charge >= 0.3 is 0 Å². The van der Waals surface area contributed by atoms with Crippen LogP contribution in [0.15, 0.2) is 0 Å². The predicted molar refractivity (Wildman–Crippen MR) is 60.4 cm³/mol. The van der Waals surface area contributed by atoms with Gasteiger partial charge in [-0.2, -0.15) is 0 Å². The molecule has 2 unspecified atom stereocenters. The van der Waals surface area contributed by atoms with Crippen molar-refractivity contribution in [2.75, 3.05) is 19.7 Å². The zero-order chi connectivity index (χ0) is 10.4. The second kappa shape index (κ2) is 6.41. The fraction of sp³-hybridized carbons (Fsp3) is 1.00. The van der Waals surface area contributed by atoms with Gasteiger partial charge in [-0.1, -0.05) is 19.8 Å². The minimum Gasteiger partial charge on any atom is -0.396 e. The number of hydrogen-bond donors (Lipinski definition) is 1. The topological polar surface area (TPSA) is 23.5 Å². The second-order valence-electron chi connectivity index (χ2n) is 4.82. The molecule has 1 aliphatic rings. The molecule has 0 bridgehead atoms. The third kappa shape index (κ3) is 3.97. The van der Waals surface area contributed by atoms with E-state index in [0.29, 0.717) is 6.61 Å². The third-order valence-corrected chi connectivity index (χ3v) is 3.27. The van der Waals surface area contributed by atoms with E-state index in [0.717, 1.165) is 18.4 Å². The van der Waals surface area contributed by atoms with Crippen molar-refractivity contribution in [1.29, 1.82) is 0 Å². The minimum absolute atomic E-state index is 0.358. The Morgan fingerprint density at radius 2 is 1.86 bits per heavy atom. The van der Waals surface area contributed by atoms with Gasteiger partial charge in [-0.15, -0.1) is 0 Å². The third-order valence-electron chi connectivity index (χ3n) is 3.27. The lowest BCUT2D eigenvalue weighted by Gasteiger charge is -2.20. The Hall–Kier alpha value is -0.0800. The summed E-state index contributed by atoms with van der Waals surface area (Å²) in [6.45, 7) is 7.61. The van der Waals surface area contributed by atoms with Crippen LogP contribution in [0.4, 0.5) is 0 Å². The normalized spacial score (nSPS) is 28.5. The Labute approximate surface area is 88.3 Å². The average Bonchev–Trinajstić information content (AvgIpc) is 2.45. The van der Waals surface area contributed by atoms with Gasteiger partial charge in [0.25, 0.3) is 0 Å². The van der Waals surface area contributed by atoms with Crippen LogP contribution in [0, 0.1) is 5.92 Å². The van der Waals surface area contributed by atoms with Crippen LogP contribution in [0.1, 0.15) is 46.0 Å². The van der Waals surface area contributed by atoms with Crippen molar-refractivity contribution in [3.63, 3.8) is 0 Å². The fourth-order valence-corrected chi connectivity index (χ4v) is 2.48. The standard InChI is InChI=1S/C12H25NO/c1-11-9-12(2)13(10-11)7-5-3-4-6-8-14/h11-12,14H,3-10H2,1-2H3. The number of nitrogens with zero attached hydrogens (tertiary/aromatic N) is 1. The van der Waals surface area contributed by atoms with E-state index < -0.39 is 0 Å². The Kier molecular flexibility index (Phi) is 5.49. The molecule has 1 aliphatic heterocycles. The summed E-state index contributed by atoms with van der Waals surface area (Å²) in [5.74, 6) is 0.891. The molecule has 0 aromatic carbocycles. The number of rotatable bonds is 6. The van der Waals surface area contributed by atoms with Gasteiger partial charge in [0.05, 0.1) is 0 Å². The summed E-state index contributed by atoms with van der Waals surface area (Å²) < 4.78 is 0. The predicted octanol–water partition coefficient (Wildman–Crippen LogP) is 2.27. The lowest BCUT2D eigenvalue weighted by molar-refractivity contribution is 0.252. The maximum atomic E-state index is 8.64. The molecule has 0 aliphatic carbocycles. The van der Waals surface area contributed by atoms with E-state index in [9.17, 15) is 0 Å². The van der Waals surface area contributed by atoms with E-state index in [1.54, 1.807) is 0 Å². The quantitative estimate of drug-likeness (QED) is 0.663. The average molecular weight is 199 g/mol. The minimum atomic E-state index is 0.358. The van der Waals surface area contributed by atoms with E-state index in [-0.39, 0.29) is 0 Å². The van der Waals surface area contributed by atoms with E-state index in [1.165, 1.54) is 38.8 Å². The van der Waals surface area contributed by atoms with Gasteiger partial charge in [-0.3, -0.25) is 0 Å². The van der Waals surface area contributed by atoms with Crippen molar-refractivity contribution in [2.24, 2.45) is 5.92 Å². The van der Waals surface area contributed by atoms with E-state index in [2.05, 4.69) is 18.7 Å². The van der Waals surface area contributed by atoms with Crippen LogP contribution in [-0.2, 0) is 0 Å². The van der Waals surface area contributed by atoms with Gasteiger partial charge < -0.3 is 10.0 Å².